The largest absolute Gasteiger partial charge is 0.346 e. The Labute approximate surface area is 138 Å². The van der Waals surface area contributed by atoms with Crippen molar-refractivity contribution in [1.82, 2.24) is 5.32 Å². The SMILES string of the molecule is CC(=O)[C@H](CC(C)C)NC(=O)CCC(=O)Cc1ccc(C)cc1. The van der Waals surface area contributed by atoms with E-state index in [0.717, 1.165) is 11.1 Å². The van der Waals surface area contributed by atoms with Gasteiger partial charge in [0.05, 0.1) is 6.04 Å². The minimum Gasteiger partial charge on any atom is -0.346 e. The van der Waals surface area contributed by atoms with Crippen LogP contribution in [0.3, 0.4) is 0 Å². The maximum atomic E-state index is 12.0. The summed E-state index contributed by atoms with van der Waals surface area (Å²) in [6.45, 7) is 7.49. The number of aryl methyl sites for hydroxylation is 1. The molecule has 0 aromatic heterocycles. The molecule has 1 amide bonds. The maximum Gasteiger partial charge on any atom is 0.221 e. The lowest BCUT2D eigenvalue weighted by molar-refractivity contribution is -0.128. The van der Waals surface area contributed by atoms with Crippen molar-refractivity contribution in [1.29, 1.82) is 0 Å². The van der Waals surface area contributed by atoms with Crippen molar-refractivity contribution in [2.24, 2.45) is 5.92 Å². The molecule has 0 fully saturated rings. The van der Waals surface area contributed by atoms with Gasteiger partial charge in [-0.05, 0) is 31.7 Å². The molecular weight excluding hydrogens is 290 g/mol. The number of hydrogen-bond donors (Lipinski definition) is 1. The van der Waals surface area contributed by atoms with E-state index in [4.69, 9.17) is 0 Å². The number of carbonyl (C=O) groups is 3. The second-order valence-electron chi connectivity index (χ2n) is 6.56. The topological polar surface area (TPSA) is 63.2 Å². The Bertz CT molecular complexity index is 546. The quantitative estimate of drug-likeness (QED) is 0.761. The summed E-state index contributed by atoms with van der Waals surface area (Å²) in [7, 11) is 0. The predicted octanol–water partition coefficient (Wildman–Crippen LogP) is 3.01. The van der Waals surface area contributed by atoms with Gasteiger partial charge >= 0.3 is 0 Å². The van der Waals surface area contributed by atoms with Crippen molar-refractivity contribution in [3.63, 3.8) is 0 Å². The van der Waals surface area contributed by atoms with E-state index in [0.29, 0.717) is 18.8 Å². The molecule has 0 bridgehead atoms. The molecule has 1 atom stereocenters. The molecule has 1 N–H and O–H groups in total. The fourth-order valence-electron chi connectivity index (χ4n) is 2.34. The van der Waals surface area contributed by atoms with E-state index in [9.17, 15) is 14.4 Å². The van der Waals surface area contributed by atoms with Crippen LogP contribution in [-0.4, -0.2) is 23.5 Å². The summed E-state index contributed by atoms with van der Waals surface area (Å²) in [5.74, 6) is 0.0840. The molecule has 0 unspecified atom stereocenters. The van der Waals surface area contributed by atoms with Crippen LogP contribution in [0.15, 0.2) is 24.3 Å². The van der Waals surface area contributed by atoms with E-state index in [1.165, 1.54) is 6.92 Å². The Balaban J connectivity index is 2.40. The number of benzene rings is 1. The van der Waals surface area contributed by atoms with Gasteiger partial charge in [0, 0.05) is 19.3 Å². The van der Waals surface area contributed by atoms with Crippen LogP contribution in [0.4, 0.5) is 0 Å². The summed E-state index contributed by atoms with van der Waals surface area (Å²) < 4.78 is 0. The highest BCUT2D eigenvalue weighted by molar-refractivity contribution is 5.90. The minimum atomic E-state index is -0.449. The highest BCUT2D eigenvalue weighted by Crippen LogP contribution is 2.08. The van der Waals surface area contributed by atoms with Gasteiger partial charge in [-0.15, -0.1) is 0 Å². The number of hydrogen-bond acceptors (Lipinski definition) is 3. The summed E-state index contributed by atoms with van der Waals surface area (Å²) in [6.07, 6.45) is 1.30. The van der Waals surface area contributed by atoms with Gasteiger partial charge in [-0.1, -0.05) is 43.7 Å². The predicted molar refractivity (Wildman–Crippen MR) is 91.2 cm³/mol. The third-order valence-electron chi connectivity index (χ3n) is 3.69. The molecule has 1 aromatic carbocycles. The Kier molecular flexibility index (Phi) is 7.66. The van der Waals surface area contributed by atoms with Crippen molar-refractivity contribution in [3.8, 4) is 0 Å². The molecule has 4 nitrogen and oxygen atoms in total. The first kappa shape index (κ1) is 19.1. The van der Waals surface area contributed by atoms with Crippen LogP contribution in [0.2, 0.25) is 0 Å². The second-order valence-corrected chi connectivity index (χ2v) is 6.56. The van der Waals surface area contributed by atoms with Crippen molar-refractivity contribution in [3.05, 3.63) is 35.4 Å². The molecule has 0 aliphatic rings. The van der Waals surface area contributed by atoms with Crippen molar-refractivity contribution in [2.75, 3.05) is 0 Å². The fourth-order valence-corrected chi connectivity index (χ4v) is 2.34. The lowest BCUT2D eigenvalue weighted by Gasteiger charge is -2.17. The first-order valence-electron chi connectivity index (χ1n) is 8.15. The van der Waals surface area contributed by atoms with Gasteiger partial charge in [0.1, 0.15) is 5.78 Å². The zero-order valence-corrected chi connectivity index (χ0v) is 14.5. The molecule has 0 spiro atoms. The molecule has 0 saturated heterocycles. The number of amides is 1. The lowest BCUT2D eigenvalue weighted by Crippen LogP contribution is -2.40. The standard InChI is InChI=1S/C19H27NO3/c1-13(2)11-18(15(4)21)20-19(23)10-9-17(22)12-16-7-5-14(3)6-8-16/h5-8,13,18H,9-12H2,1-4H3,(H,20,23)/t18-/m0/s1. The summed E-state index contributed by atoms with van der Waals surface area (Å²) in [4.78, 5) is 35.4. The molecule has 0 heterocycles. The third-order valence-corrected chi connectivity index (χ3v) is 3.69. The third kappa shape index (κ3) is 7.73. The highest BCUT2D eigenvalue weighted by atomic mass is 16.2. The molecule has 0 aliphatic heterocycles. The van der Waals surface area contributed by atoms with Crippen molar-refractivity contribution >= 4 is 17.5 Å². The van der Waals surface area contributed by atoms with Crippen LogP contribution in [-0.2, 0) is 20.8 Å². The van der Waals surface area contributed by atoms with Crippen LogP contribution in [0.25, 0.3) is 0 Å². The number of carbonyl (C=O) groups excluding carboxylic acids is 3. The highest BCUT2D eigenvalue weighted by Gasteiger charge is 2.18. The normalized spacial score (nSPS) is 12.0. The molecule has 1 aromatic rings. The van der Waals surface area contributed by atoms with E-state index in [-0.39, 0.29) is 30.3 Å². The Hall–Kier alpha value is -1.97. The van der Waals surface area contributed by atoms with Gasteiger partial charge in [-0.25, -0.2) is 0 Å². The monoisotopic (exact) mass is 317 g/mol. The summed E-state index contributed by atoms with van der Waals surface area (Å²) >= 11 is 0. The van der Waals surface area contributed by atoms with Crippen LogP contribution in [0.1, 0.15) is 51.2 Å². The number of ketones is 2. The van der Waals surface area contributed by atoms with Crippen LogP contribution in [0, 0.1) is 12.8 Å². The van der Waals surface area contributed by atoms with Gasteiger partial charge in [-0.2, -0.15) is 0 Å². The molecule has 0 aliphatic carbocycles. The Morgan fingerprint density at radius 2 is 1.65 bits per heavy atom. The van der Waals surface area contributed by atoms with E-state index in [1.807, 2.05) is 45.0 Å². The second kappa shape index (κ2) is 9.23. The van der Waals surface area contributed by atoms with Crippen molar-refractivity contribution < 1.29 is 14.4 Å². The van der Waals surface area contributed by atoms with Crippen molar-refractivity contribution in [2.45, 2.75) is 59.4 Å². The lowest BCUT2D eigenvalue weighted by atomic mass is 10.0. The molecule has 0 saturated carbocycles. The zero-order valence-electron chi connectivity index (χ0n) is 14.5. The van der Waals surface area contributed by atoms with E-state index < -0.39 is 6.04 Å². The Morgan fingerprint density at radius 1 is 1.04 bits per heavy atom. The van der Waals surface area contributed by atoms with Gasteiger partial charge in [0.15, 0.2) is 5.78 Å². The maximum absolute atomic E-state index is 12.0. The van der Waals surface area contributed by atoms with E-state index >= 15 is 0 Å². The zero-order chi connectivity index (χ0) is 17.4. The molecule has 126 valence electrons. The average molecular weight is 317 g/mol. The Morgan fingerprint density at radius 3 is 2.17 bits per heavy atom. The van der Waals surface area contributed by atoms with Crippen LogP contribution in [0.5, 0.6) is 0 Å². The summed E-state index contributed by atoms with van der Waals surface area (Å²) in [6, 6.07) is 7.36. The molecule has 0 radical (unpaired) electrons. The minimum absolute atomic E-state index is 0.0345. The van der Waals surface area contributed by atoms with E-state index in [1.54, 1.807) is 0 Å². The molecule has 1 rings (SSSR count). The number of Topliss-reactive ketones (excluding diaryl/α,β-unsaturated/α-hetero) is 2. The smallest absolute Gasteiger partial charge is 0.221 e. The van der Waals surface area contributed by atoms with Crippen LogP contribution < -0.4 is 5.32 Å². The fraction of sp³-hybridized carbons (Fsp3) is 0.526. The first-order chi connectivity index (χ1) is 10.8. The summed E-state index contributed by atoms with van der Waals surface area (Å²) in [5.41, 5.74) is 2.11. The average Bonchev–Trinajstić information content (AvgIpc) is 2.46. The number of nitrogens with one attached hydrogen (secondary N) is 1. The molecule has 4 heteroatoms. The molecule has 23 heavy (non-hydrogen) atoms. The van der Waals surface area contributed by atoms with E-state index in [2.05, 4.69) is 5.32 Å². The summed E-state index contributed by atoms with van der Waals surface area (Å²) in [5, 5.41) is 2.73. The number of rotatable bonds is 9. The van der Waals surface area contributed by atoms with Crippen LogP contribution >= 0.6 is 0 Å². The van der Waals surface area contributed by atoms with Gasteiger partial charge in [0.25, 0.3) is 0 Å². The van der Waals surface area contributed by atoms with Gasteiger partial charge in [0.2, 0.25) is 5.91 Å². The molecular formula is C19H27NO3. The van der Waals surface area contributed by atoms with Gasteiger partial charge in [-0.3, -0.25) is 14.4 Å². The first-order valence-corrected chi connectivity index (χ1v) is 8.15. The van der Waals surface area contributed by atoms with Gasteiger partial charge < -0.3 is 5.32 Å².